The SMILES string of the molecule is CC/C=C\C/C=C\C/C=C\C/C=C\C/C=C\C/C=C\C/C=C\CCCCCCCCCCCCCCCC(=O)OC(COC(=O)CCCCCCCCCCCCCCC/C=C\C/C=C\C/C=C\C/C=C\C/C=C\CC)COP(=O)(O)OCC[N+](C)(C)C. The smallest absolute Gasteiger partial charge is 0.462 e. The minimum Gasteiger partial charge on any atom is -0.462 e. The second-order valence-corrected chi connectivity index (χ2v) is 26.0. The van der Waals surface area contributed by atoms with Gasteiger partial charge in [0.2, 0.25) is 0 Å². The highest BCUT2D eigenvalue weighted by atomic mass is 31.2. The Morgan fingerprint density at radius 3 is 0.909 bits per heavy atom. The molecule has 0 aliphatic carbocycles. The van der Waals surface area contributed by atoms with Gasteiger partial charge in [-0.15, -0.1) is 0 Å². The second kappa shape index (κ2) is 67.3. The largest absolute Gasteiger partial charge is 0.472 e. The van der Waals surface area contributed by atoms with Crippen LogP contribution in [0.5, 0.6) is 0 Å². The first-order valence-corrected chi connectivity index (χ1v) is 37.1. The third-order valence-corrected chi connectivity index (χ3v) is 15.8. The van der Waals surface area contributed by atoms with Crippen LogP contribution in [0.3, 0.4) is 0 Å². The van der Waals surface area contributed by atoms with Crippen molar-refractivity contribution in [3.05, 3.63) is 146 Å². The van der Waals surface area contributed by atoms with E-state index in [1.165, 1.54) is 135 Å². The first-order chi connectivity index (χ1) is 43.0. The van der Waals surface area contributed by atoms with Gasteiger partial charge in [0.25, 0.3) is 0 Å². The molecule has 0 saturated heterocycles. The van der Waals surface area contributed by atoms with Gasteiger partial charge in [-0.3, -0.25) is 18.6 Å². The van der Waals surface area contributed by atoms with Crippen LogP contribution in [-0.2, 0) is 32.7 Å². The van der Waals surface area contributed by atoms with Gasteiger partial charge in [0.1, 0.15) is 19.8 Å². The molecule has 2 atom stereocenters. The molecule has 0 aromatic heterocycles. The number of hydrogen-bond donors (Lipinski definition) is 1. The molecule has 0 spiro atoms. The number of rotatable bonds is 64. The maximum Gasteiger partial charge on any atom is 0.472 e. The van der Waals surface area contributed by atoms with E-state index in [0.29, 0.717) is 17.4 Å². The van der Waals surface area contributed by atoms with E-state index in [1.54, 1.807) is 0 Å². The van der Waals surface area contributed by atoms with E-state index in [0.717, 1.165) is 116 Å². The van der Waals surface area contributed by atoms with Crippen LogP contribution in [0.15, 0.2) is 146 Å². The maximum atomic E-state index is 12.9. The van der Waals surface area contributed by atoms with Crippen molar-refractivity contribution in [3.63, 3.8) is 0 Å². The van der Waals surface area contributed by atoms with E-state index >= 15 is 0 Å². The Morgan fingerprint density at radius 1 is 0.352 bits per heavy atom. The van der Waals surface area contributed by atoms with Gasteiger partial charge in [-0.25, -0.2) is 4.57 Å². The molecule has 0 aliphatic heterocycles. The number of esters is 2. The van der Waals surface area contributed by atoms with E-state index < -0.39 is 26.5 Å². The van der Waals surface area contributed by atoms with E-state index in [1.807, 2.05) is 21.1 Å². The van der Waals surface area contributed by atoms with Crippen molar-refractivity contribution in [2.45, 2.75) is 290 Å². The van der Waals surface area contributed by atoms with Crippen LogP contribution in [-0.4, -0.2) is 74.9 Å². The average Bonchev–Trinajstić information content (AvgIpc) is 3.57. The Bertz CT molecular complexity index is 2000. The molecule has 0 fully saturated rings. The molecule has 0 amide bonds. The molecule has 0 bridgehead atoms. The summed E-state index contributed by atoms with van der Waals surface area (Å²) in [7, 11) is 1.47. The summed E-state index contributed by atoms with van der Waals surface area (Å²) in [5.41, 5.74) is 0. The Hall–Kier alpha value is -4.11. The quantitative estimate of drug-likeness (QED) is 0.0211. The van der Waals surface area contributed by atoms with Crippen LogP contribution < -0.4 is 0 Å². The molecule has 0 rings (SSSR count). The summed E-state index contributed by atoms with van der Waals surface area (Å²) >= 11 is 0. The molecule has 0 saturated carbocycles. The summed E-state index contributed by atoms with van der Waals surface area (Å²) in [6.07, 6.45) is 99.4. The number of allylic oxidation sites excluding steroid dienone is 24. The van der Waals surface area contributed by atoms with Crippen molar-refractivity contribution in [3.8, 4) is 0 Å². The number of phosphoric acid groups is 1. The van der Waals surface area contributed by atoms with Crippen molar-refractivity contribution >= 4 is 19.8 Å². The predicted octanol–water partition coefficient (Wildman–Crippen LogP) is 23.4. The highest BCUT2D eigenvalue weighted by Crippen LogP contribution is 2.43. The fourth-order valence-electron chi connectivity index (χ4n) is 9.50. The zero-order valence-corrected chi connectivity index (χ0v) is 58.1. The minimum absolute atomic E-state index is 0.0256. The van der Waals surface area contributed by atoms with Crippen LogP contribution in [0, 0.1) is 0 Å². The first-order valence-electron chi connectivity index (χ1n) is 35.6. The molecule has 9 nitrogen and oxygen atoms in total. The number of hydrogen-bond acceptors (Lipinski definition) is 7. The molecule has 502 valence electrons. The number of phosphoric ester groups is 1. The molecule has 88 heavy (non-hydrogen) atoms. The molecule has 0 aromatic rings. The van der Waals surface area contributed by atoms with Crippen molar-refractivity contribution in [2.24, 2.45) is 0 Å². The predicted molar refractivity (Wildman–Crippen MR) is 380 cm³/mol. The Morgan fingerprint density at radius 2 is 0.614 bits per heavy atom. The molecule has 2 unspecified atom stereocenters. The van der Waals surface area contributed by atoms with Gasteiger partial charge < -0.3 is 18.9 Å². The summed E-state index contributed by atoms with van der Waals surface area (Å²) in [6.45, 7) is 4.21. The van der Waals surface area contributed by atoms with Gasteiger partial charge in [0, 0.05) is 12.8 Å². The molecule has 0 heterocycles. The summed E-state index contributed by atoms with van der Waals surface area (Å²) in [4.78, 5) is 35.9. The van der Waals surface area contributed by atoms with Crippen LogP contribution >= 0.6 is 7.82 Å². The number of unbranched alkanes of at least 4 members (excludes halogenated alkanes) is 26. The number of carbonyl (C=O) groups is 2. The van der Waals surface area contributed by atoms with Gasteiger partial charge in [0.15, 0.2) is 6.10 Å². The highest BCUT2D eigenvalue weighted by Gasteiger charge is 2.27. The highest BCUT2D eigenvalue weighted by molar-refractivity contribution is 7.47. The Kier molecular flexibility index (Phi) is 64.1. The average molecular weight is 1240 g/mol. The molecule has 0 aliphatic rings. The Labute approximate surface area is 542 Å². The van der Waals surface area contributed by atoms with Gasteiger partial charge in [-0.1, -0.05) is 301 Å². The topological polar surface area (TPSA) is 108 Å². The molecule has 1 N–H and O–H groups in total. The first kappa shape index (κ1) is 83.9. The van der Waals surface area contributed by atoms with E-state index in [9.17, 15) is 19.0 Å². The van der Waals surface area contributed by atoms with Crippen molar-refractivity contribution in [1.29, 1.82) is 0 Å². The zero-order chi connectivity index (χ0) is 64.1. The minimum atomic E-state index is -4.40. The van der Waals surface area contributed by atoms with Gasteiger partial charge in [-0.05, 0) is 116 Å². The summed E-state index contributed by atoms with van der Waals surface area (Å²) in [5.74, 6) is -0.801. The van der Waals surface area contributed by atoms with Gasteiger partial charge in [0.05, 0.1) is 27.7 Å². The normalized spacial score (nSPS) is 14.0. The lowest BCUT2D eigenvalue weighted by Gasteiger charge is -2.24. The third-order valence-electron chi connectivity index (χ3n) is 14.9. The van der Waals surface area contributed by atoms with Crippen molar-refractivity contribution in [1.82, 2.24) is 0 Å². The molecule has 10 heteroatoms. The van der Waals surface area contributed by atoms with Crippen LogP contribution in [0.1, 0.15) is 284 Å². The number of likely N-dealkylation sites (N-methyl/N-ethyl adjacent to an activating group) is 1. The lowest BCUT2D eigenvalue weighted by atomic mass is 10.0. The summed E-state index contributed by atoms with van der Waals surface area (Å²) in [5, 5.41) is 0. The molecular weight excluding hydrogens is 1110 g/mol. The number of nitrogens with zero attached hydrogens (tertiary/aromatic N) is 1. The van der Waals surface area contributed by atoms with E-state index in [4.69, 9.17) is 18.5 Å². The summed E-state index contributed by atoms with van der Waals surface area (Å²) in [6, 6.07) is 0. The fourth-order valence-corrected chi connectivity index (χ4v) is 10.2. The number of quaternary nitrogens is 1. The van der Waals surface area contributed by atoms with Crippen LogP contribution in [0.4, 0.5) is 0 Å². The van der Waals surface area contributed by atoms with Crippen molar-refractivity contribution in [2.75, 3.05) is 47.5 Å². The second-order valence-electron chi connectivity index (χ2n) is 24.5. The van der Waals surface area contributed by atoms with Crippen molar-refractivity contribution < 1.29 is 42.1 Å². The lowest BCUT2D eigenvalue weighted by molar-refractivity contribution is -0.870. The molecule has 0 aromatic carbocycles. The lowest BCUT2D eigenvalue weighted by Crippen LogP contribution is -2.37. The van der Waals surface area contributed by atoms with Crippen LogP contribution in [0.25, 0.3) is 0 Å². The van der Waals surface area contributed by atoms with Gasteiger partial charge >= 0.3 is 19.8 Å². The molecular formula is C78H133NO8P+. The zero-order valence-electron chi connectivity index (χ0n) is 57.2. The molecule has 0 radical (unpaired) electrons. The monoisotopic (exact) mass is 1240 g/mol. The van der Waals surface area contributed by atoms with Crippen LogP contribution in [0.2, 0.25) is 0 Å². The van der Waals surface area contributed by atoms with Gasteiger partial charge in [-0.2, -0.15) is 0 Å². The van der Waals surface area contributed by atoms with E-state index in [2.05, 4.69) is 160 Å². The standard InChI is InChI=1S/C78H132NO8P/c1-6-8-10-12-14-16-18-20-22-24-26-28-30-32-34-36-37-38-39-40-41-43-45-47-49-51-53-55-57-59-61-63-65-67-69-71-78(81)87-76(75-86-88(82,83)85-73-72-79(3,4)5)74-84-77(80)70-68-66-64-62-60-58-56-54-52-50-48-46-44-42-35-33-31-29-27-25-23-21-19-17-15-13-11-9-7-2/h8-11,14-17,20-23,26-29,32-35,37-38,40-41,76H,6-7,12-13,18-19,24-25,30-31,36,39,42-75H2,1-5H3/p+1/b10-8-,11-9-,16-14-,17-15-,22-20-,23-21-,28-26-,29-27-,34-32-,35-33-,38-37-,41-40-. The maximum absolute atomic E-state index is 12.9. The third kappa shape index (κ3) is 71.0. The number of ether oxygens (including phenoxy) is 2. The fraction of sp³-hybridized carbons (Fsp3) is 0.667. The summed E-state index contributed by atoms with van der Waals surface area (Å²) < 4.78 is 34.7. The number of carbonyl (C=O) groups excluding carboxylic acids is 2. The van der Waals surface area contributed by atoms with E-state index in [-0.39, 0.29) is 32.0 Å². The Balaban J connectivity index is 4.07.